The van der Waals surface area contributed by atoms with Crippen molar-refractivity contribution >= 4 is 0 Å². The van der Waals surface area contributed by atoms with Crippen molar-refractivity contribution < 1.29 is 17.9 Å². The zero-order chi connectivity index (χ0) is 12.3. The second-order valence-electron chi connectivity index (χ2n) is 3.52. The predicted octanol–water partition coefficient (Wildman–Crippen LogP) is 3.47. The van der Waals surface area contributed by atoms with Crippen LogP contribution < -0.4 is 4.74 Å². The fraction of sp³-hybridized carbons (Fsp3) is 0.333. The summed E-state index contributed by atoms with van der Waals surface area (Å²) in [5.74, 6) is 2.49. The Balaban J connectivity index is 3.13. The molecule has 0 fully saturated rings. The highest BCUT2D eigenvalue weighted by atomic mass is 19.4. The third kappa shape index (κ3) is 2.93. The molecule has 0 saturated carbocycles. The summed E-state index contributed by atoms with van der Waals surface area (Å²) in [4.78, 5) is 0. The van der Waals surface area contributed by atoms with Crippen LogP contribution in [0.15, 0.2) is 18.2 Å². The molecule has 0 aromatic heterocycles. The van der Waals surface area contributed by atoms with E-state index in [-0.39, 0.29) is 11.7 Å². The maximum absolute atomic E-state index is 12.4. The van der Waals surface area contributed by atoms with Crippen molar-refractivity contribution in [3.05, 3.63) is 29.3 Å². The molecule has 0 unspecified atom stereocenters. The zero-order valence-corrected chi connectivity index (χ0v) is 8.93. The molecule has 1 aromatic rings. The van der Waals surface area contributed by atoms with Crippen LogP contribution in [0.1, 0.15) is 25.0 Å². The van der Waals surface area contributed by atoms with Gasteiger partial charge >= 0.3 is 6.18 Å². The molecule has 0 heterocycles. The van der Waals surface area contributed by atoms with Crippen molar-refractivity contribution in [2.45, 2.75) is 26.1 Å². The van der Waals surface area contributed by atoms with Crippen LogP contribution in [-0.2, 0) is 6.18 Å². The van der Waals surface area contributed by atoms with Gasteiger partial charge in [-0.2, -0.15) is 13.2 Å². The third-order valence-corrected chi connectivity index (χ3v) is 1.83. The van der Waals surface area contributed by atoms with Crippen LogP contribution in [0, 0.1) is 12.3 Å². The highest BCUT2D eigenvalue weighted by Gasteiger charge is 2.31. The number of rotatable bonds is 2. The molecule has 1 nitrogen and oxygen atoms in total. The van der Waals surface area contributed by atoms with Gasteiger partial charge in [0.1, 0.15) is 5.75 Å². The number of halogens is 3. The summed E-state index contributed by atoms with van der Waals surface area (Å²) in [7, 11) is 0. The van der Waals surface area contributed by atoms with Gasteiger partial charge < -0.3 is 4.74 Å². The van der Waals surface area contributed by atoms with E-state index < -0.39 is 11.7 Å². The van der Waals surface area contributed by atoms with E-state index in [1.807, 2.05) is 0 Å². The second-order valence-corrected chi connectivity index (χ2v) is 3.52. The number of hydrogen-bond donors (Lipinski definition) is 0. The highest BCUT2D eigenvalue weighted by molar-refractivity contribution is 5.47. The molecule has 0 aliphatic rings. The number of terminal acetylenes is 1. The molecule has 0 aliphatic heterocycles. The van der Waals surface area contributed by atoms with Gasteiger partial charge in [0.05, 0.1) is 17.2 Å². The minimum absolute atomic E-state index is 0.114. The fourth-order valence-corrected chi connectivity index (χ4v) is 1.18. The summed E-state index contributed by atoms with van der Waals surface area (Å²) in [6.45, 7) is 3.55. The first-order valence-corrected chi connectivity index (χ1v) is 4.69. The number of ether oxygens (including phenoxy) is 1. The Hall–Kier alpha value is -1.63. The lowest BCUT2D eigenvalue weighted by Gasteiger charge is -2.13. The number of hydrogen-bond acceptors (Lipinski definition) is 1. The van der Waals surface area contributed by atoms with E-state index in [0.717, 1.165) is 12.1 Å². The van der Waals surface area contributed by atoms with Crippen molar-refractivity contribution in [3.63, 3.8) is 0 Å². The van der Waals surface area contributed by atoms with E-state index in [2.05, 4.69) is 5.92 Å². The van der Waals surface area contributed by atoms with E-state index in [1.165, 1.54) is 6.07 Å². The standard InChI is InChI=1S/C12H11F3O/c1-4-9-7-10(12(13,14)15)5-6-11(9)16-8(2)3/h1,5-8H,2-3H3. The predicted molar refractivity (Wildman–Crippen MR) is 55.1 cm³/mol. The highest BCUT2D eigenvalue weighted by Crippen LogP contribution is 2.32. The number of alkyl halides is 3. The van der Waals surface area contributed by atoms with Gasteiger partial charge in [-0.15, -0.1) is 6.42 Å². The van der Waals surface area contributed by atoms with Gasteiger partial charge in [0.15, 0.2) is 0 Å². The Morgan fingerprint density at radius 3 is 2.38 bits per heavy atom. The molecule has 1 rings (SSSR count). The normalized spacial score (nSPS) is 11.3. The Labute approximate surface area is 92.2 Å². The van der Waals surface area contributed by atoms with Crippen molar-refractivity contribution in [1.29, 1.82) is 0 Å². The van der Waals surface area contributed by atoms with Gasteiger partial charge in [0.2, 0.25) is 0 Å². The summed E-state index contributed by atoms with van der Waals surface area (Å²) in [5, 5.41) is 0. The van der Waals surface area contributed by atoms with Crippen molar-refractivity contribution in [3.8, 4) is 18.1 Å². The molecule has 1 aromatic carbocycles. The van der Waals surface area contributed by atoms with Crippen LogP contribution in [0.25, 0.3) is 0 Å². The second kappa shape index (κ2) is 4.48. The van der Waals surface area contributed by atoms with Crippen LogP contribution in [0.4, 0.5) is 13.2 Å². The van der Waals surface area contributed by atoms with Crippen LogP contribution in [0.5, 0.6) is 5.75 Å². The molecule has 0 radical (unpaired) electrons. The SMILES string of the molecule is C#Cc1cc(C(F)(F)F)ccc1OC(C)C. The fourth-order valence-electron chi connectivity index (χ4n) is 1.18. The van der Waals surface area contributed by atoms with Crippen LogP contribution in [0.2, 0.25) is 0 Å². The lowest BCUT2D eigenvalue weighted by atomic mass is 10.1. The van der Waals surface area contributed by atoms with Gasteiger partial charge in [-0.3, -0.25) is 0 Å². The zero-order valence-electron chi connectivity index (χ0n) is 8.93. The summed E-state index contributed by atoms with van der Waals surface area (Å²) >= 11 is 0. The molecule has 4 heteroatoms. The Bertz CT molecular complexity index is 413. The van der Waals surface area contributed by atoms with Crippen LogP contribution in [0.3, 0.4) is 0 Å². The van der Waals surface area contributed by atoms with Gasteiger partial charge in [-0.1, -0.05) is 5.92 Å². The first-order valence-electron chi connectivity index (χ1n) is 4.69. The molecule has 0 amide bonds. The van der Waals surface area contributed by atoms with Crippen molar-refractivity contribution in [1.82, 2.24) is 0 Å². The van der Waals surface area contributed by atoms with E-state index in [1.54, 1.807) is 13.8 Å². The van der Waals surface area contributed by atoms with Gasteiger partial charge in [0, 0.05) is 0 Å². The topological polar surface area (TPSA) is 9.23 Å². The van der Waals surface area contributed by atoms with E-state index >= 15 is 0 Å². The minimum Gasteiger partial charge on any atom is -0.490 e. The van der Waals surface area contributed by atoms with Crippen LogP contribution in [-0.4, -0.2) is 6.10 Å². The summed E-state index contributed by atoms with van der Waals surface area (Å²) in [6.07, 6.45) is 0.619. The molecule has 0 N–H and O–H groups in total. The summed E-state index contributed by atoms with van der Waals surface area (Å²) in [5.41, 5.74) is -0.653. The van der Waals surface area contributed by atoms with E-state index in [9.17, 15) is 13.2 Å². The summed E-state index contributed by atoms with van der Waals surface area (Å²) in [6, 6.07) is 3.12. The lowest BCUT2D eigenvalue weighted by molar-refractivity contribution is -0.137. The Kier molecular flexibility index (Phi) is 3.48. The molecule has 16 heavy (non-hydrogen) atoms. The average Bonchev–Trinajstić information content (AvgIpc) is 2.15. The Morgan fingerprint density at radius 2 is 1.94 bits per heavy atom. The molecule has 0 spiro atoms. The number of benzene rings is 1. The monoisotopic (exact) mass is 228 g/mol. The molecule has 0 bridgehead atoms. The average molecular weight is 228 g/mol. The third-order valence-electron chi connectivity index (χ3n) is 1.83. The maximum atomic E-state index is 12.4. The molecular weight excluding hydrogens is 217 g/mol. The first-order chi connectivity index (χ1) is 7.34. The van der Waals surface area contributed by atoms with Crippen molar-refractivity contribution in [2.75, 3.05) is 0 Å². The largest absolute Gasteiger partial charge is 0.490 e. The molecule has 0 aliphatic carbocycles. The maximum Gasteiger partial charge on any atom is 0.416 e. The van der Waals surface area contributed by atoms with Crippen molar-refractivity contribution in [2.24, 2.45) is 0 Å². The molecule has 86 valence electrons. The van der Waals surface area contributed by atoms with E-state index in [4.69, 9.17) is 11.2 Å². The van der Waals surface area contributed by atoms with Gasteiger partial charge in [-0.25, -0.2) is 0 Å². The molecule has 0 atom stereocenters. The lowest BCUT2D eigenvalue weighted by Crippen LogP contribution is -2.09. The molecular formula is C12H11F3O. The van der Waals surface area contributed by atoms with Gasteiger partial charge in [0.25, 0.3) is 0 Å². The van der Waals surface area contributed by atoms with E-state index in [0.29, 0.717) is 5.75 Å². The molecule has 0 saturated heterocycles. The smallest absolute Gasteiger partial charge is 0.416 e. The summed E-state index contributed by atoms with van der Waals surface area (Å²) < 4.78 is 42.5. The first kappa shape index (κ1) is 12.4. The minimum atomic E-state index is -4.39. The van der Waals surface area contributed by atoms with Gasteiger partial charge in [-0.05, 0) is 32.0 Å². The van der Waals surface area contributed by atoms with Crippen LogP contribution >= 0.6 is 0 Å². The quantitative estimate of drug-likeness (QED) is 0.704. The Morgan fingerprint density at radius 1 is 1.31 bits per heavy atom.